The highest BCUT2D eigenvalue weighted by molar-refractivity contribution is 6.30. The number of halogens is 2. The van der Waals surface area contributed by atoms with Crippen molar-refractivity contribution in [3.8, 4) is 0 Å². The van der Waals surface area contributed by atoms with Gasteiger partial charge in [-0.1, -0.05) is 54.1 Å². The summed E-state index contributed by atoms with van der Waals surface area (Å²) in [6.07, 6.45) is 0. The zero-order valence-corrected chi connectivity index (χ0v) is 16.7. The number of nitrogens with zero attached hydrogens (tertiary/aromatic N) is 2. The molecule has 1 aliphatic heterocycles. The molecule has 1 heterocycles. The van der Waals surface area contributed by atoms with Gasteiger partial charge in [0.1, 0.15) is 5.82 Å². The number of carbonyl (C=O) groups excluding carboxylic acids is 1. The fourth-order valence-corrected chi connectivity index (χ4v) is 3.98. The molecular weight excluding hydrogens is 387 g/mol. The van der Waals surface area contributed by atoms with E-state index in [0.717, 1.165) is 18.1 Å². The Morgan fingerprint density at radius 3 is 2.00 bits per heavy atom. The van der Waals surface area contributed by atoms with Crippen LogP contribution in [0.15, 0.2) is 78.9 Å². The van der Waals surface area contributed by atoms with E-state index in [4.69, 9.17) is 11.6 Å². The molecule has 1 aliphatic rings. The molecule has 0 spiro atoms. The zero-order chi connectivity index (χ0) is 20.2. The van der Waals surface area contributed by atoms with Crippen molar-refractivity contribution in [2.75, 3.05) is 26.2 Å². The third-order valence-corrected chi connectivity index (χ3v) is 5.61. The lowest BCUT2D eigenvalue weighted by Gasteiger charge is -2.39. The predicted octanol–water partition coefficient (Wildman–Crippen LogP) is 5.03. The molecule has 4 rings (SSSR count). The van der Waals surface area contributed by atoms with Crippen molar-refractivity contribution in [1.82, 2.24) is 9.80 Å². The summed E-state index contributed by atoms with van der Waals surface area (Å²) in [5, 5.41) is 0.718. The Labute approximate surface area is 175 Å². The van der Waals surface area contributed by atoms with Gasteiger partial charge in [-0.25, -0.2) is 4.39 Å². The zero-order valence-electron chi connectivity index (χ0n) is 16.0. The summed E-state index contributed by atoms with van der Waals surface area (Å²) in [4.78, 5) is 17.0. The second-order valence-corrected chi connectivity index (χ2v) is 7.64. The number of carbonyl (C=O) groups is 1. The van der Waals surface area contributed by atoms with Crippen molar-refractivity contribution < 1.29 is 9.18 Å². The Morgan fingerprint density at radius 1 is 0.793 bits per heavy atom. The van der Waals surface area contributed by atoms with Crippen LogP contribution in [0.5, 0.6) is 0 Å². The largest absolute Gasteiger partial charge is 0.336 e. The Balaban J connectivity index is 1.51. The highest BCUT2D eigenvalue weighted by atomic mass is 35.5. The van der Waals surface area contributed by atoms with Crippen LogP contribution in [0.25, 0.3) is 0 Å². The molecule has 1 fully saturated rings. The van der Waals surface area contributed by atoms with Gasteiger partial charge >= 0.3 is 0 Å². The minimum absolute atomic E-state index is 0.0487. The Kier molecular flexibility index (Phi) is 5.93. The van der Waals surface area contributed by atoms with Gasteiger partial charge in [0, 0.05) is 36.8 Å². The van der Waals surface area contributed by atoms with Crippen LogP contribution in [-0.4, -0.2) is 41.9 Å². The van der Waals surface area contributed by atoms with Crippen molar-refractivity contribution >= 4 is 17.5 Å². The number of benzene rings is 3. The first kappa shape index (κ1) is 19.6. The van der Waals surface area contributed by atoms with Gasteiger partial charge in [-0.3, -0.25) is 9.69 Å². The topological polar surface area (TPSA) is 23.6 Å². The quantitative estimate of drug-likeness (QED) is 0.604. The lowest BCUT2D eigenvalue weighted by atomic mass is 9.96. The summed E-state index contributed by atoms with van der Waals surface area (Å²) in [7, 11) is 0. The van der Waals surface area contributed by atoms with E-state index >= 15 is 0 Å². The lowest BCUT2D eigenvalue weighted by Crippen LogP contribution is -2.49. The number of rotatable bonds is 4. The van der Waals surface area contributed by atoms with Crippen LogP contribution >= 0.6 is 11.6 Å². The molecule has 0 radical (unpaired) electrons. The van der Waals surface area contributed by atoms with Crippen molar-refractivity contribution in [2.45, 2.75) is 6.04 Å². The number of amides is 1. The molecule has 1 saturated heterocycles. The second-order valence-electron chi connectivity index (χ2n) is 7.20. The Hall–Kier alpha value is -2.69. The maximum Gasteiger partial charge on any atom is 0.253 e. The van der Waals surface area contributed by atoms with Crippen molar-refractivity contribution in [1.29, 1.82) is 0 Å². The standard InChI is InChI=1S/C24H22ClFN2O/c25-21-10-6-19(7-11-21)23(18-4-2-1-3-5-18)27-14-16-28(17-15-27)24(29)20-8-12-22(26)13-9-20/h1-13,23H,14-17H2/t23-/m0/s1. The van der Waals surface area contributed by atoms with Crippen LogP contribution in [-0.2, 0) is 0 Å². The van der Waals surface area contributed by atoms with Gasteiger partial charge in [-0.2, -0.15) is 0 Å². The number of hydrogen-bond donors (Lipinski definition) is 0. The first-order valence-corrected chi connectivity index (χ1v) is 10.1. The molecule has 3 aromatic rings. The van der Waals surface area contributed by atoms with Gasteiger partial charge in [0.05, 0.1) is 6.04 Å². The maximum atomic E-state index is 13.1. The normalized spacial score (nSPS) is 15.9. The summed E-state index contributed by atoms with van der Waals surface area (Å²) in [5.41, 5.74) is 2.92. The molecule has 1 atom stereocenters. The van der Waals surface area contributed by atoms with Crippen molar-refractivity contribution in [2.24, 2.45) is 0 Å². The molecule has 0 aromatic heterocycles. The predicted molar refractivity (Wildman–Crippen MR) is 114 cm³/mol. The summed E-state index contributed by atoms with van der Waals surface area (Å²) in [5.74, 6) is -0.382. The fourth-order valence-electron chi connectivity index (χ4n) is 3.85. The van der Waals surface area contributed by atoms with E-state index < -0.39 is 0 Å². The average molecular weight is 409 g/mol. The number of piperazine rings is 1. The van der Waals surface area contributed by atoms with Crippen LogP contribution in [0.3, 0.4) is 0 Å². The smallest absolute Gasteiger partial charge is 0.253 e. The molecule has 0 unspecified atom stereocenters. The molecule has 0 saturated carbocycles. The van der Waals surface area contributed by atoms with E-state index in [-0.39, 0.29) is 17.8 Å². The average Bonchev–Trinajstić information content (AvgIpc) is 2.77. The molecule has 3 nitrogen and oxygen atoms in total. The van der Waals surface area contributed by atoms with E-state index in [9.17, 15) is 9.18 Å². The minimum Gasteiger partial charge on any atom is -0.336 e. The van der Waals surface area contributed by atoms with Gasteiger partial charge in [0.25, 0.3) is 5.91 Å². The summed E-state index contributed by atoms with van der Waals surface area (Å²) in [6, 6.07) is 24.2. The first-order valence-electron chi connectivity index (χ1n) is 9.71. The minimum atomic E-state index is -0.333. The maximum absolute atomic E-state index is 13.1. The highest BCUT2D eigenvalue weighted by Gasteiger charge is 2.28. The van der Waals surface area contributed by atoms with Gasteiger partial charge in [0.2, 0.25) is 0 Å². The monoisotopic (exact) mass is 408 g/mol. The third kappa shape index (κ3) is 4.50. The molecule has 1 amide bonds. The van der Waals surface area contributed by atoms with Gasteiger partial charge in [-0.15, -0.1) is 0 Å². The highest BCUT2D eigenvalue weighted by Crippen LogP contribution is 2.30. The van der Waals surface area contributed by atoms with Crippen molar-refractivity contribution in [3.63, 3.8) is 0 Å². The molecule has 5 heteroatoms. The van der Waals surface area contributed by atoms with Crippen LogP contribution in [0.4, 0.5) is 4.39 Å². The summed E-state index contributed by atoms with van der Waals surface area (Å²) >= 11 is 6.09. The van der Waals surface area contributed by atoms with Crippen molar-refractivity contribution in [3.05, 3.63) is 106 Å². The molecule has 0 bridgehead atoms. The Bertz CT molecular complexity index is 952. The van der Waals surface area contributed by atoms with E-state index in [0.29, 0.717) is 18.7 Å². The molecule has 0 aliphatic carbocycles. The second kappa shape index (κ2) is 8.76. The van der Waals surface area contributed by atoms with Crippen LogP contribution < -0.4 is 0 Å². The first-order chi connectivity index (χ1) is 14.1. The fraction of sp³-hybridized carbons (Fsp3) is 0.208. The number of hydrogen-bond acceptors (Lipinski definition) is 2. The van der Waals surface area contributed by atoms with E-state index in [1.807, 2.05) is 35.2 Å². The van der Waals surface area contributed by atoms with Gasteiger partial charge in [-0.05, 0) is 47.5 Å². The van der Waals surface area contributed by atoms with Gasteiger partial charge < -0.3 is 4.90 Å². The van der Waals surface area contributed by atoms with E-state index in [1.54, 1.807) is 12.1 Å². The van der Waals surface area contributed by atoms with Gasteiger partial charge in [0.15, 0.2) is 0 Å². The van der Waals surface area contributed by atoms with Crippen LogP contribution in [0, 0.1) is 5.82 Å². The molecule has 148 valence electrons. The molecular formula is C24H22ClFN2O. The molecule has 29 heavy (non-hydrogen) atoms. The van der Waals surface area contributed by atoms with Crippen LogP contribution in [0.2, 0.25) is 5.02 Å². The lowest BCUT2D eigenvalue weighted by molar-refractivity contribution is 0.0597. The van der Waals surface area contributed by atoms with E-state index in [2.05, 4.69) is 29.2 Å². The molecule has 0 N–H and O–H groups in total. The Morgan fingerprint density at radius 2 is 1.38 bits per heavy atom. The molecule has 3 aromatic carbocycles. The van der Waals surface area contributed by atoms with Crippen LogP contribution in [0.1, 0.15) is 27.5 Å². The summed E-state index contributed by atoms with van der Waals surface area (Å²) < 4.78 is 13.1. The SMILES string of the molecule is O=C(c1ccc(F)cc1)N1CCN([C@@H](c2ccccc2)c2ccc(Cl)cc2)CC1. The third-order valence-electron chi connectivity index (χ3n) is 5.36. The summed E-state index contributed by atoms with van der Waals surface area (Å²) in [6.45, 7) is 2.78. The van der Waals surface area contributed by atoms with E-state index in [1.165, 1.54) is 23.3 Å².